The summed E-state index contributed by atoms with van der Waals surface area (Å²) < 4.78 is 0. The minimum absolute atomic E-state index is 0.467. The van der Waals surface area contributed by atoms with Gasteiger partial charge in [0.25, 0.3) is 0 Å². The van der Waals surface area contributed by atoms with Crippen molar-refractivity contribution in [1.29, 1.82) is 0 Å². The van der Waals surface area contributed by atoms with Crippen LogP contribution in [0.2, 0.25) is 0 Å². The number of carboxylic acids is 1. The zero-order valence-electron chi connectivity index (χ0n) is 7.84. The highest BCUT2D eigenvalue weighted by molar-refractivity contribution is 5.74. The molecule has 1 heterocycles. The molecule has 12 heavy (non-hydrogen) atoms. The fraction of sp³-hybridized carbons (Fsp3) is 0.889. The average molecular weight is 171 g/mol. The second-order valence-corrected chi connectivity index (χ2v) is 3.80. The Bertz CT molecular complexity index is 171. The van der Waals surface area contributed by atoms with Gasteiger partial charge in [0.15, 0.2) is 0 Å². The minimum Gasteiger partial charge on any atom is -0.481 e. The SMILES string of the molecule is CCN1CCC(C)(C(=O)O)CC1. The van der Waals surface area contributed by atoms with Gasteiger partial charge in [0.2, 0.25) is 0 Å². The van der Waals surface area contributed by atoms with Gasteiger partial charge < -0.3 is 10.0 Å². The number of hydrogen-bond acceptors (Lipinski definition) is 2. The Morgan fingerprint density at radius 3 is 2.33 bits per heavy atom. The molecule has 1 aliphatic heterocycles. The second-order valence-electron chi connectivity index (χ2n) is 3.80. The van der Waals surface area contributed by atoms with Crippen molar-refractivity contribution in [3.63, 3.8) is 0 Å². The first-order valence-corrected chi connectivity index (χ1v) is 4.54. The fourth-order valence-corrected chi connectivity index (χ4v) is 1.58. The molecule has 0 radical (unpaired) electrons. The van der Waals surface area contributed by atoms with Crippen LogP contribution < -0.4 is 0 Å². The molecule has 1 N–H and O–H groups in total. The van der Waals surface area contributed by atoms with Gasteiger partial charge >= 0.3 is 5.97 Å². The van der Waals surface area contributed by atoms with Crippen molar-refractivity contribution < 1.29 is 9.90 Å². The van der Waals surface area contributed by atoms with E-state index in [4.69, 9.17) is 5.11 Å². The van der Waals surface area contributed by atoms with E-state index < -0.39 is 11.4 Å². The van der Waals surface area contributed by atoms with Crippen LogP contribution in [0.3, 0.4) is 0 Å². The van der Waals surface area contributed by atoms with Gasteiger partial charge in [-0.2, -0.15) is 0 Å². The molecule has 1 aliphatic rings. The van der Waals surface area contributed by atoms with Crippen LogP contribution in [0.1, 0.15) is 26.7 Å². The third kappa shape index (κ3) is 1.78. The van der Waals surface area contributed by atoms with Crippen LogP contribution in [-0.2, 0) is 4.79 Å². The maximum atomic E-state index is 10.9. The van der Waals surface area contributed by atoms with E-state index in [1.807, 2.05) is 6.92 Å². The summed E-state index contributed by atoms with van der Waals surface area (Å²) in [6.07, 6.45) is 1.58. The van der Waals surface area contributed by atoms with Crippen molar-refractivity contribution in [1.82, 2.24) is 4.90 Å². The van der Waals surface area contributed by atoms with Crippen LogP contribution in [0, 0.1) is 5.41 Å². The third-order valence-electron chi connectivity index (χ3n) is 2.92. The number of carboxylic acid groups (broad SMARTS) is 1. The van der Waals surface area contributed by atoms with Gasteiger partial charge in [-0.15, -0.1) is 0 Å². The van der Waals surface area contributed by atoms with Crippen LogP contribution in [0.15, 0.2) is 0 Å². The third-order valence-corrected chi connectivity index (χ3v) is 2.92. The first-order valence-electron chi connectivity index (χ1n) is 4.54. The van der Waals surface area contributed by atoms with Gasteiger partial charge in [0, 0.05) is 0 Å². The van der Waals surface area contributed by atoms with Crippen molar-refractivity contribution in [3.05, 3.63) is 0 Å². The number of piperidine rings is 1. The van der Waals surface area contributed by atoms with Gasteiger partial charge in [-0.3, -0.25) is 4.79 Å². The Morgan fingerprint density at radius 1 is 1.50 bits per heavy atom. The average Bonchev–Trinajstić information content (AvgIpc) is 2.06. The molecule has 0 spiro atoms. The normalized spacial score (nSPS) is 23.8. The lowest BCUT2D eigenvalue weighted by molar-refractivity contribution is -0.150. The molecule has 0 amide bonds. The molecule has 70 valence electrons. The topological polar surface area (TPSA) is 40.5 Å². The Balaban J connectivity index is 2.49. The first-order chi connectivity index (χ1) is 5.58. The molecule has 0 saturated carbocycles. The lowest BCUT2D eigenvalue weighted by Gasteiger charge is -2.35. The standard InChI is InChI=1S/C9H17NO2/c1-3-10-6-4-9(2,5-7-10)8(11)12/h3-7H2,1-2H3,(H,11,12). The van der Waals surface area contributed by atoms with E-state index in [0.717, 1.165) is 32.5 Å². The molecule has 1 fully saturated rings. The van der Waals surface area contributed by atoms with E-state index >= 15 is 0 Å². The monoisotopic (exact) mass is 171 g/mol. The molecule has 0 aromatic heterocycles. The van der Waals surface area contributed by atoms with Crippen LogP contribution in [0.25, 0.3) is 0 Å². The molecule has 1 saturated heterocycles. The van der Waals surface area contributed by atoms with Crippen LogP contribution in [-0.4, -0.2) is 35.6 Å². The van der Waals surface area contributed by atoms with E-state index in [1.165, 1.54) is 0 Å². The number of aliphatic carboxylic acids is 1. The molecule has 0 aromatic rings. The Labute approximate surface area is 73.4 Å². The number of rotatable bonds is 2. The lowest BCUT2D eigenvalue weighted by Crippen LogP contribution is -2.42. The predicted octanol–water partition coefficient (Wildman–Crippen LogP) is 1.19. The molecule has 0 bridgehead atoms. The lowest BCUT2D eigenvalue weighted by atomic mass is 9.80. The highest BCUT2D eigenvalue weighted by atomic mass is 16.4. The van der Waals surface area contributed by atoms with Crippen molar-refractivity contribution in [2.24, 2.45) is 5.41 Å². The molecule has 3 heteroatoms. The summed E-state index contributed by atoms with van der Waals surface area (Å²) in [7, 11) is 0. The molecule has 0 atom stereocenters. The Hall–Kier alpha value is -0.570. The summed E-state index contributed by atoms with van der Waals surface area (Å²) in [5, 5.41) is 8.94. The summed E-state index contributed by atoms with van der Waals surface area (Å²) in [6.45, 7) is 6.86. The number of hydrogen-bond donors (Lipinski definition) is 1. The van der Waals surface area contributed by atoms with E-state index in [2.05, 4.69) is 11.8 Å². The molecular weight excluding hydrogens is 154 g/mol. The largest absolute Gasteiger partial charge is 0.481 e. The van der Waals surface area contributed by atoms with E-state index in [9.17, 15) is 4.79 Å². The van der Waals surface area contributed by atoms with Crippen molar-refractivity contribution in [3.8, 4) is 0 Å². The highest BCUT2D eigenvalue weighted by Crippen LogP contribution is 2.30. The Kier molecular flexibility index (Phi) is 2.73. The van der Waals surface area contributed by atoms with Gasteiger partial charge in [0.05, 0.1) is 5.41 Å². The van der Waals surface area contributed by atoms with Crippen LogP contribution in [0.4, 0.5) is 0 Å². The summed E-state index contributed by atoms with van der Waals surface area (Å²) >= 11 is 0. The summed E-state index contributed by atoms with van der Waals surface area (Å²) in [5.41, 5.74) is -0.467. The molecule has 1 rings (SSSR count). The maximum Gasteiger partial charge on any atom is 0.309 e. The predicted molar refractivity (Wildman–Crippen MR) is 47.1 cm³/mol. The highest BCUT2D eigenvalue weighted by Gasteiger charge is 2.36. The van der Waals surface area contributed by atoms with Crippen molar-refractivity contribution in [2.75, 3.05) is 19.6 Å². The number of likely N-dealkylation sites (tertiary alicyclic amines) is 1. The number of carbonyl (C=O) groups is 1. The van der Waals surface area contributed by atoms with Gasteiger partial charge in [-0.25, -0.2) is 0 Å². The minimum atomic E-state index is -0.641. The molecule has 0 unspecified atom stereocenters. The number of nitrogens with zero attached hydrogens (tertiary/aromatic N) is 1. The van der Waals surface area contributed by atoms with E-state index in [-0.39, 0.29) is 0 Å². The molecular formula is C9H17NO2. The Morgan fingerprint density at radius 2 is 2.00 bits per heavy atom. The van der Waals surface area contributed by atoms with Gasteiger partial charge in [0.1, 0.15) is 0 Å². The summed E-state index contributed by atoms with van der Waals surface area (Å²) in [6, 6.07) is 0. The quantitative estimate of drug-likeness (QED) is 0.678. The van der Waals surface area contributed by atoms with Gasteiger partial charge in [-0.1, -0.05) is 6.92 Å². The molecule has 3 nitrogen and oxygen atoms in total. The first kappa shape index (κ1) is 9.52. The summed E-state index contributed by atoms with van der Waals surface area (Å²) in [5.74, 6) is -0.641. The van der Waals surface area contributed by atoms with Crippen LogP contribution in [0.5, 0.6) is 0 Å². The van der Waals surface area contributed by atoms with Gasteiger partial charge in [-0.05, 0) is 39.4 Å². The van der Waals surface area contributed by atoms with Crippen molar-refractivity contribution in [2.45, 2.75) is 26.7 Å². The maximum absolute atomic E-state index is 10.9. The van der Waals surface area contributed by atoms with E-state index in [0.29, 0.717) is 0 Å². The molecule has 0 aromatic carbocycles. The zero-order chi connectivity index (χ0) is 9.19. The van der Waals surface area contributed by atoms with E-state index in [1.54, 1.807) is 0 Å². The molecule has 0 aliphatic carbocycles. The zero-order valence-corrected chi connectivity index (χ0v) is 7.84. The summed E-state index contributed by atoms with van der Waals surface area (Å²) in [4.78, 5) is 13.1. The smallest absolute Gasteiger partial charge is 0.309 e. The van der Waals surface area contributed by atoms with Crippen LogP contribution >= 0.6 is 0 Å². The second kappa shape index (κ2) is 3.44. The fourth-order valence-electron chi connectivity index (χ4n) is 1.58. The van der Waals surface area contributed by atoms with Crippen molar-refractivity contribution >= 4 is 5.97 Å².